The third-order valence-corrected chi connectivity index (χ3v) is 8.25. The van der Waals surface area contributed by atoms with Crippen LogP contribution in [0.2, 0.25) is 0 Å². The number of unbranched alkanes of at least 4 members (excludes halogenated alkanes) is 1. The van der Waals surface area contributed by atoms with E-state index in [1.54, 1.807) is 20.8 Å². The van der Waals surface area contributed by atoms with Crippen molar-refractivity contribution < 1.29 is 19.4 Å². The van der Waals surface area contributed by atoms with Crippen LogP contribution in [0.3, 0.4) is 0 Å². The molecule has 0 fully saturated rings. The lowest BCUT2D eigenvalue weighted by molar-refractivity contribution is -0.157. The molecule has 1 amide bonds. The Kier molecular flexibility index (Phi) is 8.54. The highest BCUT2D eigenvalue weighted by molar-refractivity contribution is 6.33. The number of nitrogens with one attached hydrogen (secondary N) is 1. The molecule has 47 heavy (non-hydrogen) atoms. The number of carbonyl (C=O) groups is 2. The van der Waals surface area contributed by atoms with Gasteiger partial charge in [0.1, 0.15) is 12.1 Å². The Morgan fingerprint density at radius 1 is 0.809 bits per heavy atom. The van der Waals surface area contributed by atoms with E-state index in [0.717, 1.165) is 41.5 Å². The van der Waals surface area contributed by atoms with Gasteiger partial charge in [0.2, 0.25) is 5.91 Å². The second kappa shape index (κ2) is 12.7. The van der Waals surface area contributed by atoms with E-state index in [0.29, 0.717) is 24.9 Å². The number of carbonyl (C=O) groups excluding carboxylic acids is 2. The number of hydrogen-bond acceptors (Lipinski definition) is 6. The van der Waals surface area contributed by atoms with Gasteiger partial charge in [0.15, 0.2) is 6.73 Å². The number of aliphatic hydroxyl groups excluding tert-OH is 1. The Morgan fingerprint density at radius 3 is 2.11 bits per heavy atom. The van der Waals surface area contributed by atoms with Gasteiger partial charge in [-0.3, -0.25) is 19.0 Å². The second-order valence-corrected chi connectivity index (χ2v) is 12.6. The molecule has 1 heterocycles. The zero-order chi connectivity index (χ0) is 33.3. The topological polar surface area (TPSA) is 120 Å². The molecule has 0 spiro atoms. The van der Waals surface area contributed by atoms with Gasteiger partial charge in [0.25, 0.3) is 5.56 Å². The maximum atomic E-state index is 13.6. The minimum atomic E-state index is -0.852. The normalized spacial score (nSPS) is 11.7. The van der Waals surface area contributed by atoms with Crippen molar-refractivity contribution in [3.05, 3.63) is 105 Å². The molecule has 6 aromatic rings. The molecule has 9 nitrogen and oxygen atoms in total. The molecule has 0 radical (unpaired) electrons. The van der Waals surface area contributed by atoms with Gasteiger partial charge in [-0.25, -0.2) is 9.36 Å². The first-order chi connectivity index (χ1) is 22.6. The van der Waals surface area contributed by atoms with Crippen LogP contribution >= 0.6 is 0 Å². The Bertz CT molecular complexity index is 2300. The van der Waals surface area contributed by atoms with Crippen LogP contribution in [0, 0.1) is 17.3 Å². The summed E-state index contributed by atoms with van der Waals surface area (Å²) in [7, 11) is 0. The summed E-state index contributed by atoms with van der Waals surface area (Å²) in [5, 5.41) is 20.6. The molecular weight excluding hydrogens is 594 g/mol. The molecule has 0 bridgehead atoms. The Morgan fingerprint density at radius 2 is 1.43 bits per heavy atom. The SMILES string of the molecule is CC(C)(C)C(=O)OCn1c(=O)c(C#Cc2ccc3c4cccc5cccc(c6cccc2c63)c54)cn(CC(=O)NCCCCO)c1=O. The summed E-state index contributed by atoms with van der Waals surface area (Å²) >= 11 is 0. The van der Waals surface area contributed by atoms with E-state index in [4.69, 9.17) is 9.84 Å². The summed E-state index contributed by atoms with van der Waals surface area (Å²) < 4.78 is 7.19. The van der Waals surface area contributed by atoms with Gasteiger partial charge < -0.3 is 15.2 Å². The average molecular weight is 630 g/mol. The molecule has 5 aromatic carbocycles. The van der Waals surface area contributed by atoms with Crippen LogP contribution in [0.5, 0.6) is 0 Å². The van der Waals surface area contributed by atoms with E-state index in [9.17, 15) is 19.2 Å². The van der Waals surface area contributed by atoms with Gasteiger partial charge in [-0.05, 0) is 82.8 Å². The monoisotopic (exact) mass is 629 g/mol. The first kappa shape index (κ1) is 31.5. The van der Waals surface area contributed by atoms with Gasteiger partial charge in [0, 0.05) is 24.9 Å². The smallest absolute Gasteiger partial charge is 0.334 e. The lowest BCUT2D eigenvalue weighted by Crippen LogP contribution is -2.44. The number of ether oxygens (including phenoxy) is 1. The van der Waals surface area contributed by atoms with Crippen LogP contribution in [-0.2, 0) is 27.6 Å². The number of aliphatic hydroxyl groups is 1. The number of rotatable bonds is 8. The van der Waals surface area contributed by atoms with Crippen molar-refractivity contribution in [3.8, 4) is 11.8 Å². The Hall–Kier alpha value is -5.46. The third-order valence-electron chi connectivity index (χ3n) is 8.25. The van der Waals surface area contributed by atoms with Crippen molar-refractivity contribution in [2.24, 2.45) is 5.41 Å². The quantitative estimate of drug-likeness (QED) is 0.0813. The fourth-order valence-electron chi connectivity index (χ4n) is 5.87. The maximum Gasteiger partial charge on any atom is 0.334 e. The Balaban J connectivity index is 1.45. The first-order valence-corrected chi connectivity index (χ1v) is 15.6. The van der Waals surface area contributed by atoms with Crippen LogP contribution in [0.25, 0.3) is 43.1 Å². The predicted molar refractivity (Wildman–Crippen MR) is 183 cm³/mol. The van der Waals surface area contributed by atoms with Crippen LogP contribution in [0.4, 0.5) is 0 Å². The standard InChI is InChI=1S/C38H35N3O6/c1-38(2,3)36(45)47-23-41-35(44)26(21-40(37(41)46)22-32(43)39-19-4-5-20-42)16-15-24-17-18-31-29-13-7-10-25-9-6-12-28(33(25)29)30-14-8-11-27(24)34(30)31/h6-14,17-18,21,42H,4-5,19-20,22-23H2,1-3H3,(H,39,43). The van der Waals surface area contributed by atoms with E-state index in [2.05, 4.69) is 59.6 Å². The van der Waals surface area contributed by atoms with Gasteiger partial charge in [-0.2, -0.15) is 0 Å². The van der Waals surface area contributed by atoms with Crippen molar-refractivity contribution >= 4 is 55.0 Å². The van der Waals surface area contributed by atoms with Crippen molar-refractivity contribution in [2.45, 2.75) is 46.9 Å². The molecule has 2 N–H and O–H groups in total. The van der Waals surface area contributed by atoms with Crippen LogP contribution in [-0.4, -0.2) is 39.3 Å². The zero-order valence-corrected chi connectivity index (χ0v) is 26.6. The lowest BCUT2D eigenvalue weighted by Gasteiger charge is -2.17. The van der Waals surface area contributed by atoms with E-state index in [-0.39, 0.29) is 18.7 Å². The van der Waals surface area contributed by atoms with Gasteiger partial charge >= 0.3 is 11.7 Å². The second-order valence-electron chi connectivity index (χ2n) is 12.6. The minimum Gasteiger partial charge on any atom is -0.443 e. The number of esters is 1. The number of benzene rings is 5. The lowest BCUT2D eigenvalue weighted by atomic mass is 9.88. The molecule has 0 unspecified atom stereocenters. The van der Waals surface area contributed by atoms with Crippen molar-refractivity contribution in [3.63, 3.8) is 0 Å². The van der Waals surface area contributed by atoms with Crippen molar-refractivity contribution in [1.82, 2.24) is 14.5 Å². The summed E-state index contributed by atoms with van der Waals surface area (Å²) in [6, 6.07) is 22.7. The van der Waals surface area contributed by atoms with E-state index in [1.807, 2.05) is 24.3 Å². The molecule has 1 aromatic heterocycles. The van der Waals surface area contributed by atoms with E-state index < -0.39 is 35.3 Å². The molecule has 0 aliphatic rings. The number of nitrogens with zero attached hydrogens (tertiary/aromatic N) is 2. The molecule has 0 aliphatic heterocycles. The third kappa shape index (κ3) is 6.08. The van der Waals surface area contributed by atoms with Crippen LogP contribution in [0.1, 0.15) is 44.7 Å². The fourth-order valence-corrected chi connectivity index (χ4v) is 5.87. The summed E-state index contributed by atoms with van der Waals surface area (Å²) in [4.78, 5) is 52.0. The number of hydrogen-bond donors (Lipinski definition) is 2. The molecule has 0 saturated carbocycles. The van der Waals surface area contributed by atoms with Gasteiger partial charge in [-0.15, -0.1) is 0 Å². The zero-order valence-electron chi connectivity index (χ0n) is 26.6. The highest BCUT2D eigenvalue weighted by Crippen LogP contribution is 2.40. The molecular formula is C38H35N3O6. The maximum absolute atomic E-state index is 13.6. The Labute approximate surface area is 270 Å². The van der Waals surface area contributed by atoms with Gasteiger partial charge in [0.05, 0.1) is 5.41 Å². The molecule has 238 valence electrons. The highest BCUT2D eigenvalue weighted by atomic mass is 16.5. The summed E-state index contributed by atoms with van der Waals surface area (Å²) in [6.07, 6.45) is 2.38. The summed E-state index contributed by atoms with van der Waals surface area (Å²) in [6.45, 7) is 4.35. The van der Waals surface area contributed by atoms with Crippen LogP contribution < -0.4 is 16.6 Å². The fraction of sp³-hybridized carbons (Fsp3) is 0.263. The molecule has 6 rings (SSSR count). The minimum absolute atomic E-state index is 0.0123. The number of fused-ring (bicyclic) bond motifs is 2. The summed E-state index contributed by atoms with van der Waals surface area (Å²) in [5.41, 5.74) is -1.72. The van der Waals surface area contributed by atoms with E-state index >= 15 is 0 Å². The predicted octanol–water partition coefficient (Wildman–Crippen LogP) is 4.90. The molecule has 9 heteroatoms. The van der Waals surface area contributed by atoms with Gasteiger partial charge in [-0.1, -0.05) is 72.5 Å². The molecule has 0 saturated heterocycles. The average Bonchev–Trinajstić information content (AvgIpc) is 3.05. The molecule has 0 aliphatic carbocycles. The largest absolute Gasteiger partial charge is 0.443 e. The summed E-state index contributed by atoms with van der Waals surface area (Å²) in [5.74, 6) is 5.07. The van der Waals surface area contributed by atoms with Crippen LogP contribution in [0.15, 0.2) is 82.5 Å². The highest BCUT2D eigenvalue weighted by Gasteiger charge is 2.24. The number of aromatic nitrogens is 2. The number of amides is 1. The van der Waals surface area contributed by atoms with Crippen molar-refractivity contribution in [1.29, 1.82) is 0 Å². The van der Waals surface area contributed by atoms with Crippen molar-refractivity contribution in [2.75, 3.05) is 13.2 Å². The molecule has 0 atom stereocenters. The van der Waals surface area contributed by atoms with E-state index in [1.165, 1.54) is 17.0 Å². The first-order valence-electron chi connectivity index (χ1n) is 15.6.